The number of nitrogens with one attached hydrogen (secondary N) is 1. The quantitative estimate of drug-likeness (QED) is 0.730. The Balaban J connectivity index is 2.79. The molecule has 0 spiro atoms. The van der Waals surface area contributed by atoms with Crippen LogP contribution in [0.25, 0.3) is 0 Å². The molecule has 0 bridgehead atoms. The molecule has 0 radical (unpaired) electrons. The van der Waals surface area contributed by atoms with Gasteiger partial charge in [0.05, 0.1) is 10.6 Å². The van der Waals surface area contributed by atoms with Crippen molar-refractivity contribution in [2.24, 2.45) is 5.73 Å². The van der Waals surface area contributed by atoms with Gasteiger partial charge in [-0.25, -0.2) is 4.79 Å². The summed E-state index contributed by atoms with van der Waals surface area (Å²) in [5, 5.41) is 2.72. The van der Waals surface area contributed by atoms with Crippen LogP contribution in [-0.4, -0.2) is 22.7 Å². The van der Waals surface area contributed by atoms with Crippen LogP contribution in [0.1, 0.15) is 44.7 Å². The SMILES string of the molecule is CC(C)(C)OC(=O)NC(CCC(N)=S)Cc1ccc(C(F)(F)F)cc1. The first-order valence-corrected chi connectivity index (χ1v) is 8.21. The van der Waals surface area contributed by atoms with Crippen LogP contribution < -0.4 is 11.1 Å². The summed E-state index contributed by atoms with van der Waals surface area (Å²) >= 11 is 4.85. The minimum Gasteiger partial charge on any atom is -0.444 e. The van der Waals surface area contributed by atoms with Crippen molar-refractivity contribution < 1.29 is 22.7 Å². The van der Waals surface area contributed by atoms with Crippen LogP contribution >= 0.6 is 12.2 Å². The van der Waals surface area contributed by atoms with Crippen molar-refractivity contribution in [3.05, 3.63) is 35.4 Å². The molecular formula is C17H23F3N2O2S. The highest BCUT2D eigenvalue weighted by Gasteiger charge is 2.30. The topological polar surface area (TPSA) is 64.3 Å². The largest absolute Gasteiger partial charge is 0.444 e. The molecule has 0 aromatic heterocycles. The van der Waals surface area contributed by atoms with Gasteiger partial charge in [0.15, 0.2) is 0 Å². The van der Waals surface area contributed by atoms with Crippen LogP contribution in [0, 0.1) is 0 Å². The van der Waals surface area contributed by atoms with Gasteiger partial charge < -0.3 is 15.8 Å². The van der Waals surface area contributed by atoms with E-state index >= 15 is 0 Å². The molecule has 25 heavy (non-hydrogen) atoms. The summed E-state index contributed by atoms with van der Waals surface area (Å²) in [7, 11) is 0. The number of alkyl carbamates (subject to hydrolysis) is 1. The van der Waals surface area contributed by atoms with Gasteiger partial charge >= 0.3 is 12.3 Å². The number of halogens is 3. The smallest absolute Gasteiger partial charge is 0.416 e. The number of nitrogens with two attached hydrogens (primary N) is 1. The Morgan fingerprint density at radius 2 is 1.80 bits per heavy atom. The fourth-order valence-electron chi connectivity index (χ4n) is 2.13. The molecule has 4 nitrogen and oxygen atoms in total. The number of ether oxygens (including phenoxy) is 1. The second kappa shape index (κ2) is 8.51. The summed E-state index contributed by atoms with van der Waals surface area (Å²) in [5.74, 6) is 0. The Hall–Kier alpha value is -1.83. The predicted molar refractivity (Wildman–Crippen MR) is 94.3 cm³/mol. The Kier molecular flexibility index (Phi) is 7.22. The standard InChI is InChI=1S/C17H23F3N2O2S/c1-16(2,3)24-15(23)22-13(8-9-14(21)25)10-11-4-6-12(7-5-11)17(18,19)20/h4-7,13H,8-10H2,1-3H3,(H2,21,25)(H,22,23). The van der Waals surface area contributed by atoms with Crippen LogP contribution in [0.2, 0.25) is 0 Å². The summed E-state index contributed by atoms with van der Waals surface area (Å²) < 4.78 is 43.1. The van der Waals surface area contributed by atoms with Gasteiger partial charge in [0.2, 0.25) is 0 Å². The van der Waals surface area contributed by atoms with Crippen LogP contribution in [0.5, 0.6) is 0 Å². The third-order valence-corrected chi connectivity index (χ3v) is 3.43. The minimum absolute atomic E-state index is 0.309. The van der Waals surface area contributed by atoms with E-state index in [2.05, 4.69) is 5.32 Å². The number of thiocarbonyl (C=S) groups is 1. The van der Waals surface area contributed by atoms with E-state index in [1.165, 1.54) is 12.1 Å². The van der Waals surface area contributed by atoms with Gasteiger partial charge in [-0.05, 0) is 57.7 Å². The average molecular weight is 376 g/mol. The zero-order chi connectivity index (χ0) is 19.3. The van der Waals surface area contributed by atoms with Gasteiger partial charge in [0.25, 0.3) is 0 Å². The first kappa shape index (κ1) is 21.2. The van der Waals surface area contributed by atoms with Gasteiger partial charge in [-0.2, -0.15) is 13.2 Å². The second-order valence-corrected chi connectivity index (χ2v) is 7.27. The molecule has 1 aromatic carbocycles. The molecule has 0 saturated carbocycles. The third kappa shape index (κ3) is 8.72. The van der Waals surface area contributed by atoms with Gasteiger partial charge in [0, 0.05) is 6.04 Å². The lowest BCUT2D eigenvalue weighted by atomic mass is 10.0. The van der Waals surface area contributed by atoms with E-state index in [1.807, 2.05) is 0 Å². The van der Waals surface area contributed by atoms with Crippen molar-refractivity contribution in [3.63, 3.8) is 0 Å². The summed E-state index contributed by atoms with van der Waals surface area (Å²) in [6.45, 7) is 5.23. The van der Waals surface area contributed by atoms with Crippen molar-refractivity contribution in [3.8, 4) is 0 Å². The zero-order valence-electron chi connectivity index (χ0n) is 14.4. The highest BCUT2D eigenvalue weighted by molar-refractivity contribution is 7.80. The van der Waals surface area contributed by atoms with Crippen molar-refractivity contribution in [1.29, 1.82) is 0 Å². The molecule has 0 aliphatic heterocycles. The number of carbonyl (C=O) groups is 1. The Labute approximate surface area is 150 Å². The van der Waals surface area contributed by atoms with Gasteiger partial charge in [-0.15, -0.1) is 0 Å². The number of alkyl halides is 3. The number of rotatable bonds is 6. The van der Waals surface area contributed by atoms with Crippen molar-refractivity contribution >= 4 is 23.3 Å². The van der Waals surface area contributed by atoms with E-state index in [1.54, 1.807) is 20.8 Å². The molecule has 1 amide bonds. The van der Waals surface area contributed by atoms with Crippen LogP contribution in [-0.2, 0) is 17.3 Å². The number of amides is 1. The summed E-state index contributed by atoms with van der Waals surface area (Å²) in [5.41, 5.74) is 4.80. The number of carbonyl (C=O) groups excluding carboxylic acids is 1. The summed E-state index contributed by atoms with van der Waals surface area (Å²) in [4.78, 5) is 12.3. The fourth-order valence-corrected chi connectivity index (χ4v) is 2.25. The summed E-state index contributed by atoms with van der Waals surface area (Å²) in [6.07, 6.45) is -3.74. The van der Waals surface area contributed by atoms with Gasteiger partial charge in [-0.1, -0.05) is 24.4 Å². The number of hydrogen-bond donors (Lipinski definition) is 2. The molecule has 1 aromatic rings. The number of benzene rings is 1. The molecule has 0 saturated heterocycles. The van der Waals surface area contributed by atoms with Crippen molar-refractivity contribution in [2.75, 3.05) is 0 Å². The molecule has 3 N–H and O–H groups in total. The Bertz CT molecular complexity index is 595. The summed E-state index contributed by atoms with van der Waals surface area (Å²) in [6, 6.07) is 4.48. The molecule has 0 aliphatic rings. The highest BCUT2D eigenvalue weighted by Crippen LogP contribution is 2.29. The van der Waals surface area contributed by atoms with E-state index in [0.29, 0.717) is 29.8 Å². The van der Waals surface area contributed by atoms with Crippen molar-refractivity contribution in [2.45, 2.75) is 57.9 Å². The highest BCUT2D eigenvalue weighted by atomic mass is 32.1. The first-order valence-electron chi connectivity index (χ1n) is 7.81. The Morgan fingerprint density at radius 1 is 1.24 bits per heavy atom. The maximum atomic E-state index is 12.6. The molecule has 0 fully saturated rings. The molecule has 1 rings (SSSR count). The van der Waals surface area contributed by atoms with Crippen molar-refractivity contribution in [1.82, 2.24) is 5.32 Å². The van der Waals surface area contributed by atoms with Crippen LogP contribution in [0.3, 0.4) is 0 Å². The molecule has 1 unspecified atom stereocenters. The lowest BCUT2D eigenvalue weighted by Crippen LogP contribution is -2.40. The van der Waals surface area contributed by atoms with Gasteiger partial charge in [0.1, 0.15) is 5.60 Å². The monoisotopic (exact) mass is 376 g/mol. The molecule has 1 atom stereocenters. The van der Waals surface area contributed by atoms with E-state index in [9.17, 15) is 18.0 Å². The van der Waals surface area contributed by atoms with E-state index in [4.69, 9.17) is 22.7 Å². The third-order valence-electron chi connectivity index (χ3n) is 3.22. The molecule has 0 aliphatic carbocycles. The van der Waals surface area contributed by atoms with Crippen LogP contribution in [0.4, 0.5) is 18.0 Å². The number of hydrogen-bond acceptors (Lipinski definition) is 3. The van der Waals surface area contributed by atoms with E-state index in [-0.39, 0.29) is 6.04 Å². The van der Waals surface area contributed by atoms with E-state index in [0.717, 1.165) is 12.1 Å². The van der Waals surface area contributed by atoms with Gasteiger partial charge in [-0.3, -0.25) is 0 Å². The maximum absolute atomic E-state index is 12.6. The fraction of sp³-hybridized carbons (Fsp3) is 0.529. The first-order chi connectivity index (χ1) is 11.4. The lowest BCUT2D eigenvalue weighted by molar-refractivity contribution is -0.137. The second-order valence-electron chi connectivity index (χ2n) is 6.75. The molecular weight excluding hydrogens is 353 g/mol. The normalized spacial score (nSPS) is 13.2. The molecule has 0 heterocycles. The lowest BCUT2D eigenvalue weighted by Gasteiger charge is -2.24. The Morgan fingerprint density at radius 3 is 2.24 bits per heavy atom. The molecule has 8 heteroatoms. The zero-order valence-corrected chi connectivity index (χ0v) is 15.3. The maximum Gasteiger partial charge on any atom is 0.416 e. The van der Waals surface area contributed by atoms with Crippen LogP contribution in [0.15, 0.2) is 24.3 Å². The van der Waals surface area contributed by atoms with E-state index < -0.39 is 23.4 Å². The predicted octanol–water partition coefficient (Wildman–Crippen LogP) is 4.21. The average Bonchev–Trinajstić information content (AvgIpc) is 2.42. The molecule has 140 valence electrons. The minimum atomic E-state index is -4.38.